The van der Waals surface area contributed by atoms with Crippen LogP contribution in [0.15, 0.2) is 41.8 Å². The quantitative estimate of drug-likeness (QED) is 0.834. The summed E-state index contributed by atoms with van der Waals surface area (Å²) in [6, 6.07) is 13.0. The highest BCUT2D eigenvalue weighted by Gasteiger charge is 2.23. The molecule has 0 saturated carbocycles. The largest absolute Gasteiger partial charge is 0.396 e. The first-order valence-electron chi connectivity index (χ1n) is 7.48. The molecule has 3 heteroatoms. The number of benzene rings is 1. The van der Waals surface area contributed by atoms with Gasteiger partial charge in [-0.05, 0) is 34.4 Å². The standard InChI is InChI=1S/C18H25NOS/c1-18(2,3)17(9-10-20)19-12-16-11-15(13-21-16)14-7-5-4-6-8-14/h4-8,11,13,17,19-20H,9-10,12H2,1-3H3. The Labute approximate surface area is 131 Å². The number of hydrogen-bond acceptors (Lipinski definition) is 3. The van der Waals surface area contributed by atoms with E-state index in [9.17, 15) is 5.11 Å². The average Bonchev–Trinajstić information content (AvgIpc) is 2.92. The first kappa shape index (κ1) is 16.2. The fourth-order valence-corrected chi connectivity index (χ4v) is 3.29. The Morgan fingerprint density at radius 3 is 2.48 bits per heavy atom. The van der Waals surface area contributed by atoms with E-state index >= 15 is 0 Å². The molecule has 0 radical (unpaired) electrons. The maximum Gasteiger partial charge on any atom is 0.0446 e. The molecule has 0 bridgehead atoms. The molecule has 0 aliphatic rings. The topological polar surface area (TPSA) is 32.3 Å². The number of nitrogens with one attached hydrogen (secondary N) is 1. The van der Waals surface area contributed by atoms with Gasteiger partial charge in [0, 0.05) is 24.1 Å². The summed E-state index contributed by atoms with van der Waals surface area (Å²) >= 11 is 1.79. The van der Waals surface area contributed by atoms with Gasteiger partial charge in [-0.2, -0.15) is 0 Å². The van der Waals surface area contributed by atoms with Gasteiger partial charge < -0.3 is 10.4 Å². The van der Waals surface area contributed by atoms with Gasteiger partial charge in [-0.15, -0.1) is 11.3 Å². The minimum atomic E-state index is 0.155. The second-order valence-electron chi connectivity index (χ2n) is 6.48. The lowest BCUT2D eigenvalue weighted by molar-refractivity contribution is 0.197. The lowest BCUT2D eigenvalue weighted by Gasteiger charge is -2.31. The lowest BCUT2D eigenvalue weighted by atomic mass is 9.85. The van der Waals surface area contributed by atoms with Crippen LogP contribution in [0, 0.1) is 5.41 Å². The number of aliphatic hydroxyl groups is 1. The van der Waals surface area contributed by atoms with Crippen molar-refractivity contribution in [2.24, 2.45) is 5.41 Å². The summed E-state index contributed by atoms with van der Waals surface area (Å²) in [7, 11) is 0. The Bertz CT molecular complexity index is 542. The van der Waals surface area contributed by atoms with Gasteiger partial charge in [0.25, 0.3) is 0 Å². The van der Waals surface area contributed by atoms with Gasteiger partial charge in [0.15, 0.2) is 0 Å². The number of rotatable bonds is 6. The maximum atomic E-state index is 9.21. The molecule has 1 aromatic carbocycles. The molecule has 1 unspecified atom stereocenters. The molecule has 2 aromatic rings. The minimum Gasteiger partial charge on any atom is -0.396 e. The highest BCUT2D eigenvalue weighted by molar-refractivity contribution is 7.10. The Hall–Kier alpha value is -1.16. The van der Waals surface area contributed by atoms with E-state index in [-0.39, 0.29) is 12.0 Å². The molecule has 21 heavy (non-hydrogen) atoms. The van der Waals surface area contributed by atoms with Crippen molar-refractivity contribution in [2.45, 2.75) is 39.8 Å². The Kier molecular flexibility index (Phi) is 5.57. The zero-order chi connectivity index (χ0) is 15.3. The van der Waals surface area contributed by atoms with E-state index in [0.717, 1.165) is 13.0 Å². The summed E-state index contributed by atoms with van der Waals surface area (Å²) in [5.74, 6) is 0. The molecule has 1 heterocycles. The van der Waals surface area contributed by atoms with Crippen molar-refractivity contribution in [3.63, 3.8) is 0 Å². The summed E-state index contributed by atoms with van der Waals surface area (Å²) in [4.78, 5) is 1.33. The third-order valence-corrected chi connectivity index (χ3v) is 4.68. The van der Waals surface area contributed by atoms with E-state index in [1.807, 2.05) is 6.07 Å². The van der Waals surface area contributed by atoms with Crippen molar-refractivity contribution in [1.29, 1.82) is 0 Å². The average molecular weight is 303 g/mol. The SMILES string of the molecule is CC(C)(C)C(CCO)NCc1cc(-c2ccccc2)cs1. The van der Waals surface area contributed by atoms with Gasteiger partial charge in [-0.3, -0.25) is 0 Å². The Morgan fingerprint density at radius 2 is 1.86 bits per heavy atom. The van der Waals surface area contributed by atoms with Gasteiger partial charge >= 0.3 is 0 Å². The fraction of sp³-hybridized carbons (Fsp3) is 0.444. The van der Waals surface area contributed by atoms with Gasteiger partial charge in [-0.1, -0.05) is 51.1 Å². The van der Waals surface area contributed by atoms with E-state index in [1.165, 1.54) is 16.0 Å². The molecular weight excluding hydrogens is 278 g/mol. The molecule has 0 aliphatic heterocycles. The second-order valence-corrected chi connectivity index (χ2v) is 7.48. The molecule has 2 N–H and O–H groups in total. The van der Waals surface area contributed by atoms with Gasteiger partial charge in [0.05, 0.1) is 0 Å². The number of hydrogen-bond donors (Lipinski definition) is 2. The summed E-state index contributed by atoms with van der Waals surface area (Å²) in [6.45, 7) is 7.73. The number of thiophene rings is 1. The van der Waals surface area contributed by atoms with Crippen LogP contribution >= 0.6 is 11.3 Å². The molecule has 0 amide bonds. The lowest BCUT2D eigenvalue weighted by Crippen LogP contribution is -2.40. The van der Waals surface area contributed by atoms with Gasteiger partial charge in [0.2, 0.25) is 0 Å². The minimum absolute atomic E-state index is 0.155. The summed E-state index contributed by atoms with van der Waals surface area (Å²) in [5.41, 5.74) is 2.71. The van der Waals surface area contributed by atoms with Crippen molar-refractivity contribution in [3.05, 3.63) is 46.7 Å². The van der Waals surface area contributed by atoms with E-state index in [1.54, 1.807) is 11.3 Å². The van der Waals surface area contributed by atoms with E-state index in [4.69, 9.17) is 0 Å². The molecule has 1 aromatic heterocycles. The highest BCUT2D eigenvalue weighted by Crippen LogP contribution is 2.27. The van der Waals surface area contributed by atoms with E-state index in [0.29, 0.717) is 6.04 Å². The molecule has 0 spiro atoms. The van der Waals surface area contributed by atoms with Crippen LogP contribution in [0.25, 0.3) is 11.1 Å². The molecule has 114 valence electrons. The molecule has 2 nitrogen and oxygen atoms in total. The molecule has 2 rings (SSSR count). The van der Waals surface area contributed by atoms with Crippen LogP contribution in [-0.2, 0) is 6.54 Å². The van der Waals surface area contributed by atoms with Crippen molar-refractivity contribution in [2.75, 3.05) is 6.61 Å². The van der Waals surface area contributed by atoms with Crippen LogP contribution < -0.4 is 5.32 Å². The summed E-state index contributed by atoms with van der Waals surface area (Å²) in [5, 5.41) is 15.0. The molecule has 0 saturated heterocycles. The monoisotopic (exact) mass is 303 g/mol. The first-order valence-corrected chi connectivity index (χ1v) is 8.36. The zero-order valence-electron chi connectivity index (χ0n) is 13.1. The summed E-state index contributed by atoms with van der Waals surface area (Å²) < 4.78 is 0. The Balaban J connectivity index is 1.99. The van der Waals surface area contributed by atoms with Gasteiger partial charge in [0.1, 0.15) is 0 Å². The maximum absolute atomic E-state index is 9.21. The van der Waals surface area contributed by atoms with Crippen molar-refractivity contribution in [1.82, 2.24) is 5.32 Å². The predicted molar refractivity (Wildman–Crippen MR) is 91.5 cm³/mol. The highest BCUT2D eigenvalue weighted by atomic mass is 32.1. The molecular formula is C18H25NOS. The Morgan fingerprint density at radius 1 is 1.14 bits per heavy atom. The van der Waals surface area contributed by atoms with Crippen LogP contribution in [-0.4, -0.2) is 17.8 Å². The smallest absolute Gasteiger partial charge is 0.0446 e. The van der Waals surface area contributed by atoms with E-state index < -0.39 is 0 Å². The number of aliphatic hydroxyl groups excluding tert-OH is 1. The first-order chi connectivity index (χ1) is 10.0. The van der Waals surface area contributed by atoms with Crippen LogP contribution in [0.3, 0.4) is 0 Å². The fourth-order valence-electron chi connectivity index (χ4n) is 2.45. The third-order valence-electron chi connectivity index (χ3n) is 3.75. The molecule has 0 fully saturated rings. The van der Waals surface area contributed by atoms with Crippen LogP contribution in [0.5, 0.6) is 0 Å². The van der Waals surface area contributed by atoms with Crippen LogP contribution in [0.4, 0.5) is 0 Å². The predicted octanol–water partition coefficient (Wildman–Crippen LogP) is 4.30. The summed E-state index contributed by atoms with van der Waals surface area (Å²) in [6.07, 6.45) is 0.792. The van der Waals surface area contributed by atoms with Crippen LogP contribution in [0.2, 0.25) is 0 Å². The zero-order valence-corrected chi connectivity index (χ0v) is 13.9. The van der Waals surface area contributed by atoms with E-state index in [2.05, 4.69) is 61.8 Å². The molecule has 1 atom stereocenters. The van der Waals surface area contributed by atoms with Gasteiger partial charge in [-0.25, -0.2) is 0 Å². The van der Waals surface area contributed by atoms with Crippen molar-refractivity contribution in [3.8, 4) is 11.1 Å². The second kappa shape index (κ2) is 7.21. The van der Waals surface area contributed by atoms with Crippen LogP contribution in [0.1, 0.15) is 32.1 Å². The third kappa shape index (κ3) is 4.67. The van der Waals surface area contributed by atoms with Crippen molar-refractivity contribution < 1.29 is 5.11 Å². The van der Waals surface area contributed by atoms with Crippen molar-refractivity contribution >= 4 is 11.3 Å². The molecule has 0 aliphatic carbocycles. The normalized spacial score (nSPS) is 13.3.